The zero-order valence-electron chi connectivity index (χ0n) is 10.4. The Bertz CT molecular complexity index is 561. The van der Waals surface area contributed by atoms with E-state index in [2.05, 4.69) is 15.6 Å². The van der Waals surface area contributed by atoms with Crippen LogP contribution in [0.3, 0.4) is 0 Å². The van der Waals surface area contributed by atoms with Crippen molar-refractivity contribution in [2.45, 2.75) is 12.5 Å². The number of carbonyl (C=O) groups is 1. The number of carbonyl (C=O) groups excluding carboxylic acids is 1. The number of hydrogen-bond donors (Lipinski definition) is 2. The Morgan fingerprint density at radius 1 is 1.37 bits per heavy atom. The molecule has 1 aliphatic heterocycles. The van der Waals surface area contributed by atoms with E-state index in [-0.39, 0.29) is 11.9 Å². The van der Waals surface area contributed by atoms with Crippen LogP contribution < -0.4 is 10.6 Å². The number of amides is 1. The minimum atomic E-state index is -0.0200. The summed E-state index contributed by atoms with van der Waals surface area (Å²) in [6.45, 7) is 1.83. The van der Waals surface area contributed by atoms with Crippen LogP contribution in [0.4, 0.5) is 0 Å². The molecule has 1 fully saturated rings. The van der Waals surface area contributed by atoms with Crippen molar-refractivity contribution in [3.05, 3.63) is 41.4 Å². The molecular formula is C14H15N3OS. The first-order chi connectivity index (χ1) is 9.33. The Morgan fingerprint density at radius 3 is 2.95 bits per heavy atom. The van der Waals surface area contributed by atoms with Gasteiger partial charge in [-0.05, 0) is 13.0 Å². The van der Waals surface area contributed by atoms with Crippen LogP contribution >= 0.6 is 11.3 Å². The van der Waals surface area contributed by atoms with E-state index < -0.39 is 0 Å². The average molecular weight is 273 g/mol. The molecule has 98 valence electrons. The Hall–Kier alpha value is -1.72. The SMILES string of the molecule is O=C(NC1CCNC1)c1cnc(-c2ccccc2)s1. The molecule has 5 heteroatoms. The Balaban J connectivity index is 1.72. The fourth-order valence-electron chi connectivity index (χ4n) is 2.13. The summed E-state index contributed by atoms with van der Waals surface area (Å²) in [6.07, 6.45) is 2.65. The van der Waals surface area contributed by atoms with Gasteiger partial charge in [0, 0.05) is 18.2 Å². The van der Waals surface area contributed by atoms with Gasteiger partial charge in [-0.3, -0.25) is 4.79 Å². The normalized spacial score (nSPS) is 18.4. The second-order valence-electron chi connectivity index (χ2n) is 4.56. The minimum Gasteiger partial charge on any atom is -0.347 e. The number of aromatic nitrogens is 1. The maximum atomic E-state index is 12.1. The Labute approximate surface area is 115 Å². The molecule has 0 aliphatic carbocycles. The van der Waals surface area contributed by atoms with E-state index in [0.717, 1.165) is 30.1 Å². The second-order valence-corrected chi connectivity index (χ2v) is 5.59. The molecule has 1 aromatic carbocycles. The molecule has 0 spiro atoms. The lowest BCUT2D eigenvalue weighted by Gasteiger charge is -2.09. The zero-order valence-corrected chi connectivity index (χ0v) is 11.2. The minimum absolute atomic E-state index is 0.0200. The van der Waals surface area contributed by atoms with Gasteiger partial charge in [0.2, 0.25) is 0 Å². The molecule has 0 bridgehead atoms. The standard InChI is InChI=1S/C14H15N3OS/c18-13(17-11-6-7-15-8-11)12-9-16-14(19-12)10-4-2-1-3-5-10/h1-5,9,11,15H,6-8H2,(H,17,18). The molecule has 3 rings (SSSR count). The Kier molecular flexibility index (Phi) is 3.57. The van der Waals surface area contributed by atoms with Gasteiger partial charge in [-0.25, -0.2) is 4.98 Å². The summed E-state index contributed by atoms with van der Waals surface area (Å²) < 4.78 is 0. The molecule has 1 amide bonds. The van der Waals surface area contributed by atoms with Gasteiger partial charge < -0.3 is 10.6 Å². The van der Waals surface area contributed by atoms with Crippen molar-refractivity contribution in [1.29, 1.82) is 0 Å². The molecule has 0 saturated carbocycles. The van der Waals surface area contributed by atoms with Gasteiger partial charge in [0.05, 0.1) is 6.20 Å². The van der Waals surface area contributed by atoms with Gasteiger partial charge in [0.1, 0.15) is 9.88 Å². The summed E-state index contributed by atoms with van der Waals surface area (Å²) in [7, 11) is 0. The van der Waals surface area contributed by atoms with Crippen LogP contribution in [-0.4, -0.2) is 30.0 Å². The first-order valence-electron chi connectivity index (χ1n) is 6.36. The molecule has 1 unspecified atom stereocenters. The van der Waals surface area contributed by atoms with Crippen molar-refractivity contribution in [2.75, 3.05) is 13.1 Å². The molecule has 2 aromatic rings. The van der Waals surface area contributed by atoms with Gasteiger partial charge in [0.25, 0.3) is 5.91 Å². The van der Waals surface area contributed by atoms with E-state index in [1.807, 2.05) is 30.3 Å². The maximum Gasteiger partial charge on any atom is 0.263 e. The van der Waals surface area contributed by atoms with Crippen LogP contribution in [-0.2, 0) is 0 Å². The first-order valence-corrected chi connectivity index (χ1v) is 7.17. The van der Waals surface area contributed by atoms with Gasteiger partial charge in [0.15, 0.2) is 0 Å². The highest BCUT2D eigenvalue weighted by Crippen LogP contribution is 2.24. The monoisotopic (exact) mass is 273 g/mol. The highest BCUT2D eigenvalue weighted by molar-refractivity contribution is 7.16. The van der Waals surface area contributed by atoms with Crippen molar-refractivity contribution in [3.8, 4) is 10.6 Å². The molecule has 1 atom stereocenters. The molecule has 19 heavy (non-hydrogen) atoms. The molecule has 1 saturated heterocycles. The van der Waals surface area contributed by atoms with Crippen LogP contribution in [0, 0.1) is 0 Å². The van der Waals surface area contributed by atoms with Crippen LogP contribution in [0.2, 0.25) is 0 Å². The van der Waals surface area contributed by atoms with Gasteiger partial charge in [-0.1, -0.05) is 30.3 Å². The van der Waals surface area contributed by atoms with E-state index in [1.165, 1.54) is 11.3 Å². The second kappa shape index (κ2) is 5.50. The number of nitrogens with zero attached hydrogens (tertiary/aromatic N) is 1. The fourth-order valence-corrected chi connectivity index (χ4v) is 2.95. The topological polar surface area (TPSA) is 54.0 Å². The summed E-state index contributed by atoms with van der Waals surface area (Å²) in [6, 6.07) is 10.2. The van der Waals surface area contributed by atoms with Crippen molar-refractivity contribution < 1.29 is 4.79 Å². The highest BCUT2D eigenvalue weighted by atomic mass is 32.1. The lowest BCUT2D eigenvalue weighted by Crippen LogP contribution is -2.35. The molecule has 2 N–H and O–H groups in total. The van der Waals surface area contributed by atoms with Crippen molar-refractivity contribution >= 4 is 17.2 Å². The Morgan fingerprint density at radius 2 is 2.21 bits per heavy atom. The van der Waals surface area contributed by atoms with Gasteiger partial charge in [-0.15, -0.1) is 11.3 Å². The third kappa shape index (κ3) is 2.83. The molecule has 4 nitrogen and oxygen atoms in total. The molecule has 1 aromatic heterocycles. The first kappa shape index (κ1) is 12.3. The summed E-state index contributed by atoms with van der Waals surface area (Å²) in [5.74, 6) is -0.0200. The van der Waals surface area contributed by atoms with Crippen molar-refractivity contribution in [3.63, 3.8) is 0 Å². The quantitative estimate of drug-likeness (QED) is 0.898. The smallest absolute Gasteiger partial charge is 0.263 e. The van der Waals surface area contributed by atoms with Crippen molar-refractivity contribution in [2.24, 2.45) is 0 Å². The summed E-state index contributed by atoms with van der Waals surface area (Å²) in [5.41, 5.74) is 1.05. The lowest BCUT2D eigenvalue weighted by molar-refractivity contribution is 0.0944. The number of benzene rings is 1. The van der Waals surface area contributed by atoms with Crippen LogP contribution in [0.1, 0.15) is 16.1 Å². The van der Waals surface area contributed by atoms with Crippen LogP contribution in [0.5, 0.6) is 0 Å². The van der Waals surface area contributed by atoms with Crippen molar-refractivity contribution in [1.82, 2.24) is 15.6 Å². The van der Waals surface area contributed by atoms with Crippen LogP contribution in [0.25, 0.3) is 10.6 Å². The predicted molar refractivity (Wildman–Crippen MR) is 76.3 cm³/mol. The molecule has 1 aliphatic rings. The molecule has 2 heterocycles. The van der Waals surface area contributed by atoms with Gasteiger partial charge >= 0.3 is 0 Å². The predicted octanol–water partition coefficient (Wildman–Crippen LogP) is 1.90. The number of hydrogen-bond acceptors (Lipinski definition) is 4. The lowest BCUT2D eigenvalue weighted by atomic mass is 10.2. The number of nitrogens with one attached hydrogen (secondary N) is 2. The van der Waals surface area contributed by atoms with E-state index in [9.17, 15) is 4.79 Å². The van der Waals surface area contributed by atoms with E-state index in [1.54, 1.807) is 6.20 Å². The average Bonchev–Trinajstić information content (AvgIpc) is 3.10. The number of thiazole rings is 1. The van der Waals surface area contributed by atoms with E-state index in [0.29, 0.717) is 4.88 Å². The van der Waals surface area contributed by atoms with E-state index in [4.69, 9.17) is 0 Å². The van der Waals surface area contributed by atoms with E-state index >= 15 is 0 Å². The third-order valence-electron chi connectivity index (χ3n) is 3.15. The summed E-state index contributed by atoms with van der Waals surface area (Å²) >= 11 is 1.43. The number of rotatable bonds is 3. The highest BCUT2D eigenvalue weighted by Gasteiger charge is 2.19. The maximum absolute atomic E-state index is 12.1. The largest absolute Gasteiger partial charge is 0.347 e. The summed E-state index contributed by atoms with van der Waals surface area (Å²) in [4.78, 5) is 17.1. The van der Waals surface area contributed by atoms with Gasteiger partial charge in [-0.2, -0.15) is 0 Å². The third-order valence-corrected chi connectivity index (χ3v) is 4.19. The molecular weight excluding hydrogens is 258 g/mol. The van der Waals surface area contributed by atoms with Crippen LogP contribution in [0.15, 0.2) is 36.5 Å². The summed E-state index contributed by atoms with van der Waals surface area (Å²) in [5, 5.41) is 7.15. The zero-order chi connectivity index (χ0) is 13.1. The molecule has 0 radical (unpaired) electrons. The fraction of sp³-hybridized carbons (Fsp3) is 0.286.